The van der Waals surface area contributed by atoms with Gasteiger partial charge in [-0.15, -0.1) is 47.0 Å². The van der Waals surface area contributed by atoms with E-state index in [0.717, 1.165) is 35.9 Å². The maximum atomic E-state index is 13.6. The van der Waals surface area contributed by atoms with Crippen molar-refractivity contribution in [3.63, 3.8) is 0 Å². The van der Waals surface area contributed by atoms with Gasteiger partial charge in [-0.25, -0.2) is 4.79 Å². The Kier molecular flexibility index (Phi) is 57.4. The minimum atomic E-state index is -1.11. The molecule has 0 aliphatic rings. The van der Waals surface area contributed by atoms with Crippen molar-refractivity contribution in [1.82, 2.24) is 0 Å². The molecule has 66 heavy (non-hydrogen) atoms. The average Bonchev–Trinajstić information content (AvgIpc) is 3.33. The molecular weight excluding hydrogens is 897 g/mol. The van der Waals surface area contributed by atoms with Gasteiger partial charge >= 0.3 is 5.97 Å². The van der Waals surface area contributed by atoms with Crippen LogP contribution in [-0.2, 0) is 4.79 Å². The molecule has 5 N–H and O–H groups in total. The Labute approximate surface area is 428 Å². The van der Waals surface area contributed by atoms with E-state index in [0.29, 0.717) is 0 Å². The van der Waals surface area contributed by atoms with Crippen LogP contribution in [0.15, 0.2) is 0 Å². The molecule has 398 valence electrons. The Morgan fingerprint density at radius 1 is 0.333 bits per heavy atom. The maximum Gasteiger partial charge on any atom is 0.332 e. The van der Waals surface area contributed by atoms with Crippen molar-refractivity contribution in [1.29, 1.82) is 0 Å². The van der Waals surface area contributed by atoms with E-state index in [1.807, 2.05) is 47.0 Å². The zero-order chi connectivity index (χ0) is 48.9. The molecule has 0 unspecified atom stereocenters. The summed E-state index contributed by atoms with van der Waals surface area (Å²) in [6.07, 6.45) is 53.8. The number of carboxylic acid groups (broad SMARTS) is 1. The quantitative estimate of drug-likeness (QED) is 0.0298. The highest BCUT2D eigenvalue weighted by Crippen LogP contribution is 2.51. The van der Waals surface area contributed by atoms with Gasteiger partial charge in [-0.3, -0.25) is 0 Å². The lowest BCUT2D eigenvalue weighted by atomic mass is 9.93. The van der Waals surface area contributed by atoms with Crippen LogP contribution in [-0.4, -0.2) is 89.6 Å². The number of rotatable bonds is 54. The normalized spacial score (nSPS) is 12.0. The topological polar surface area (TPSA) is 118 Å². The summed E-state index contributed by atoms with van der Waals surface area (Å²) in [4.78, 5) is 13.6. The first-order valence-corrected chi connectivity index (χ1v) is 32.6. The SMILES string of the molecule is CCCCCCCCCCCCSC(SCCCCCCCCCCCC)C(SCCCCCCCCCCCC)(SCCCCCCCCCCCC)C(=O)O.OCC(CO)(CO)CO. The molecule has 6 nitrogen and oxygen atoms in total. The zero-order valence-corrected chi connectivity index (χ0v) is 47.6. The molecule has 0 aliphatic heterocycles. The lowest BCUT2D eigenvalue weighted by molar-refractivity contribution is -0.137. The fraction of sp³-hybridized carbons (Fsp3) is 0.982. The van der Waals surface area contributed by atoms with Crippen LogP contribution in [0.4, 0.5) is 0 Å². The molecule has 0 aromatic rings. The molecule has 0 fully saturated rings. The average molecular weight is 1010 g/mol. The van der Waals surface area contributed by atoms with Crippen molar-refractivity contribution in [3.05, 3.63) is 0 Å². The highest BCUT2D eigenvalue weighted by molar-refractivity contribution is 8.25. The molecule has 0 aromatic heterocycles. The largest absolute Gasteiger partial charge is 0.480 e. The van der Waals surface area contributed by atoms with Gasteiger partial charge in [0.1, 0.15) is 0 Å². The van der Waals surface area contributed by atoms with Gasteiger partial charge in [0, 0.05) is 0 Å². The summed E-state index contributed by atoms with van der Waals surface area (Å²) < 4.78 is -0.626. The predicted octanol–water partition coefficient (Wildman–Crippen LogP) is 17.7. The zero-order valence-electron chi connectivity index (χ0n) is 44.3. The highest BCUT2D eigenvalue weighted by atomic mass is 32.2. The van der Waals surface area contributed by atoms with Crippen LogP contribution in [0.2, 0.25) is 0 Å². The fourth-order valence-electron chi connectivity index (χ4n) is 8.16. The standard InChI is InChI=1S/C51H102O2S4.C5H12O4/c1-5-9-13-17-21-25-29-33-37-41-45-54-50(55-46-42-38-34-30-26-22-18-14-10-6-2)51(49(52)53,56-47-43-39-35-31-27-23-19-15-11-7-3)57-48-44-40-36-32-28-24-20-16-12-8-4;6-1-5(2-7,3-8)4-9/h50H,5-48H2,1-4H3,(H,52,53);6-9H,1-4H2. The third kappa shape index (κ3) is 42.4. The first-order valence-electron chi connectivity index (χ1n) is 28.5. The minimum Gasteiger partial charge on any atom is -0.480 e. The van der Waals surface area contributed by atoms with E-state index in [1.165, 1.54) is 244 Å². The van der Waals surface area contributed by atoms with E-state index in [-0.39, 0.29) is 4.58 Å². The van der Waals surface area contributed by atoms with E-state index in [9.17, 15) is 9.90 Å². The summed E-state index contributed by atoms with van der Waals surface area (Å²) >= 11 is 7.71. The van der Waals surface area contributed by atoms with Crippen molar-refractivity contribution in [3.8, 4) is 0 Å². The van der Waals surface area contributed by atoms with Gasteiger partial charge in [-0.05, 0) is 48.7 Å². The number of carboxylic acids is 1. The monoisotopic (exact) mass is 1010 g/mol. The number of carbonyl (C=O) groups is 1. The first kappa shape index (κ1) is 68.8. The number of hydrogen-bond acceptors (Lipinski definition) is 9. The highest BCUT2D eigenvalue weighted by Gasteiger charge is 2.47. The van der Waals surface area contributed by atoms with E-state index >= 15 is 0 Å². The molecule has 0 saturated carbocycles. The molecule has 0 aliphatic carbocycles. The van der Waals surface area contributed by atoms with Crippen molar-refractivity contribution in [2.24, 2.45) is 5.41 Å². The maximum absolute atomic E-state index is 13.6. The molecule has 0 amide bonds. The van der Waals surface area contributed by atoms with Gasteiger partial charge in [0.25, 0.3) is 0 Å². The Balaban J connectivity index is 0. The summed E-state index contributed by atoms with van der Waals surface area (Å²) in [6.45, 7) is 7.57. The fourth-order valence-corrected chi connectivity index (χ4v) is 15.2. The van der Waals surface area contributed by atoms with E-state index in [2.05, 4.69) is 27.7 Å². The second-order valence-corrected chi connectivity index (χ2v) is 25.3. The second kappa shape index (κ2) is 55.0. The first-order chi connectivity index (χ1) is 32.3. The van der Waals surface area contributed by atoms with E-state index in [4.69, 9.17) is 20.4 Å². The van der Waals surface area contributed by atoms with Crippen molar-refractivity contribution in [2.75, 3.05) is 49.4 Å². The molecule has 0 saturated heterocycles. The van der Waals surface area contributed by atoms with Crippen LogP contribution in [0, 0.1) is 5.41 Å². The van der Waals surface area contributed by atoms with Gasteiger partial charge in [-0.2, -0.15) is 0 Å². The van der Waals surface area contributed by atoms with Crippen molar-refractivity contribution < 1.29 is 30.3 Å². The van der Waals surface area contributed by atoms with Gasteiger partial charge in [0.15, 0.2) is 4.08 Å². The summed E-state index contributed by atoms with van der Waals surface area (Å²) in [7, 11) is 0. The van der Waals surface area contributed by atoms with Crippen LogP contribution >= 0.6 is 47.0 Å². The summed E-state index contributed by atoms with van der Waals surface area (Å²) in [6, 6.07) is 0. The molecule has 0 spiro atoms. The Morgan fingerprint density at radius 3 is 0.712 bits per heavy atom. The lowest BCUT2D eigenvalue weighted by Crippen LogP contribution is -2.41. The number of thioether (sulfide) groups is 4. The number of unbranched alkanes of at least 4 members (excludes halogenated alkanes) is 36. The Morgan fingerprint density at radius 2 is 0.530 bits per heavy atom. The summed E-state index contributed by atoms with van der Waals surface area (Å²) in [5, 5.41) is 45.2. The Hall–Kier alpha value is 0.710. The molecule has 0 heterocycles. The van der Waals surface area contributed by atoms with Gasteiger partial charge in [-0.1, -0.05) is 259 Å². The van der Waals surface area contributed by atoms with Gasteiger partial charge in [0.2, 0.25) is 0 Å². The summed E-state index contributed by atoms with van der Waals surface area (Å²) in [5.74, 6) is 3.65. The molecule has 0 rings (SSSR count). The molecule has 0 bridgehead atoms. The molecule has 0 radical (unpaired) electrons. The van der Waals surface area contributed by atoms with Crippen LogP contribution in [0.5, 0.6) is 0 Å². The van der Waals surface area contributed by atoms with E-state index in [1.54, 1.807) is 0 Å². The number of aliphatic hydroxyl groups excluding tert-OH is 4. The van der Waals surface area contributed by atoms with Gasteiger partial charge < -0.3 is 25.5 Å². The van der Waals surface area contributed by atoms with Crippen LogP contribution in [0.25, 0.3) is 0 Å². The summed E-state index contributed by atoms with van der Waals surface area (Å²) in [5.41, 5.74) is -1.11. The smallest absolute Gasteiger partial charge is 0.332 e. The Bertz CT molecular complexity index is 872. The predicted molar refractivity (Wildman–Crippen MR) is 302 cm³/mol. The molecule has 0 atom stereocenters. The third-order valence-electron chi connectivity index (χ3n) is 13.1. The molecule has 0 aromatic carbocycles. The van der Waals surface area contributed by atoms with Crippen molar-refractivity contribution >= 4 is 53.0 Å². The minimum absolute atomic E-state index is 0.119. The second-order valence-electron chi connectivity index (χ2n) is 19.6. The number of aliphatic hydroxyl groups is 4. The van der Waals surface area contributed by atoms with Crippen LogP contribution in [0.3, 0.4) is 0 Å². The third-order valence-corrected chi connectivity index (χ3v) is 20.3. The van der Waals surface area contributed by atoms with Crippen LogP contribution in [0.1, 0.15) is 285 Å². The van der Waals surface area contributed by atoms with E-state index < -0.39 is 41.9 Å². The van der Waals surface area contributed by atoms with Gasteiger partial charge in [0.05, 0.1) is 36.4 Å². The number of hydrogen-bond donors (Lipinski definition) is 5. The molecular formula is C56H114O6S4. The van der Waals surface area contributed by atoms with Crippen LogP contribution < -0.4 is 0 Å². The van der Waals surface area contributed by atoms with Crippen molar-refractivity contribution in [2.45, 2.75) is 293 Å². The molecule has 10 heteroatoms. The lowest BCUT2D eigenvalue weighted by Gasteiger charge is -2.36. The number of aliphatic carboxylic acids is 1.